The van der Waals surface area contributed by atoms with Crippen LogP contribution in [0.3, 0.4) is 0 Å². The molecule has 5 fully saturated rings. The van der Waals surface area contributed by atoms with Crippen LogP contribution >= 0.6 is 0 Å². The molecule has 8 heteroatoms. The number of methoxy groups -OCH3 is 1. The molecule has 1 aromatic carbocycles. The number of carbonyl (C=O) groups is 1. The second-order valence-corrected chi connectivity index (χ2v) is 12.5. The number of fused-ring (bicyclic) bond motifs is 3. The summed E-state index contributed by atoms with van der Waals surface area (Å²) in [7, 11) is 1.57. The minimum absolute atomic E-state index is 0.0225. The van der Waals surface area contributed by atoms with Gasteiger partial charge >= 0.3 is 6.01 Å². The predicted octanol–water partition coefficient (Wildman–Crippen LogP) is 6.23. The Labute approximate surface area is 229 Å². The van der Waals surface area contributed by atoms with Crippen molar-refractivity contribution in [2.45, 2.75) is 88.4 Å². The number of rotatable bonds is 9. The maximum Gasteiger partial charge on any atom is 0.316 e. The molecule has 5 aliphatic rings. The van der Waals surface area contributed by atoms with Gasteiger partial charge in [0, 0.05) is 41.7 Å². The van der Waals surface area contributed by atoms with E-state index in [9.17, 15) is 4.79 Å². The van der Waals surface area contributed by atoms with E-state index >= 15 is 0 Å². The minimum atomic E-state index is 0.0225. The van der Waals surface area contributed by atoms with Crippen molar-refractivity contribution < 1.29 is 14.1 Å². The molecule has 8 nitrogen and oxygen atoms in total. The molecule has 0 atom stereocenters. The fourth-order valence-corrected chi connectivity index (χ4v) is 6.92. The lowest BCUT2D eigenvalue weighted by Crippen LogP contribution is -2.51. The normalized spacial score (nSPS) is 26.3. The van der Waals surface area contributed by atoms with E-state index in [1.165, 1.54) is 32.1 Å². The molecule has 0 spiro atoms. The Bertz CT molecular complexity index is 1340. The van der Waals surface area contributed by atoms with Crippen molar-refractivity contribution in [3.63, 3.8) is 0 Å². The summed E-state index contributed by atoms with van der Waals surface area (Å²) < 4.78 is 11.1. The Morgan fingerprint density at radius 3 is 2.54 bits per heavy atom. The largest absolute Gasteiger partial charge is 0.467 e. The third-order valence-electron chi connectivity index (χ3n) is 9.99. The van der Waals surface area contributed by atoms with Crippen molar-refractivity contribution in [2.75, 3.05) is 18.6 Å². The van der Waals surface area contributed by atoms with Crippen LogP contribution in [-0.4, -0.2) is 39.7 Å². The van der Waals surface area contributed by atoms with Crippen LogP contribution in [0.2, 0.25) is 0 Å². The highest BCUT2D eigenvalue weighted by Crippen LogP contribution is 2.58. The number of carbonyl (C=O) groups excluding carboxylic acids is 1. The molecule has 3 aromatic rings. The van der Waals surface area contributed by atoms with Crippen molar-refractivity contribution in [1.82, 2.24) is 20.1 Å². The number of hydrogen-bond acceptors (Lipinski definition) is 7. The average Bonchev–Trinajstić information content (AvgIpc) is 3.70. The first-order valence-corrected chi connectivity index (χ1v) is 14.7. The van der Waals surface area contributed by atoms with Gasteiger partial charge in [-0.1, -0.05) is 23.7 Å². The lowest BCUT2D eigenvalue weighted by Gasteiger charge is -2.53. The lowest BCUT2D eigenvalue weighted by atomic mass is 9.53. The summed E-state index contributed by atoms with van der Waals surface area (Å²) in [6.07, 6.45) is 14.7. The minimum Gasteiger partial charge on any atom is -0.467 e. The fourth-order valence-electron chi connectivity index (χ4n) is 6.92. The first-order chi connectivity index (χ1) is 19.0. The summed E-state index contributed by atoms with van der Waals surface area (Å²) >= 11 is 0. The van der Waals surface area contributed by atoms with Gasteiger partial charge in [-0.25, -0.2) is 4.98 Å². The molecule has 2 aromatic heterocycles. The third-order valence-corrected chi connectivity index (χ3v) is 9.99. The van der Waals surface area contributed by atoms with Crippen LogP contribution in [0.15, 0.2) is 41.1 Å². The van der Waals surface area contributed by atoms with E-state index in [2.05, 4.69) is 32.2 Å². The highest BCUT2D eigenvalue weighted by Gasteiger charge is 2.53. The van der Waals surface area contributed by atoms with E-state index < -0.39 is 0 Å². The maximum atomic E-state index is 13.8. The van der Waals surface area contributed by atoms with Gasteiger partial charge in [-0.2, -0.15) is 9.97 Å². The second kappa shape index (κ2) is 9.72. The quantitative estimate of drug-likeness (QED) is 0.326. The van der Waals surface area contributed by atoms with Gasteiger partial charge in [0.15, 0.2) is 5.82 Å². The van der Waals surface area contributed by atoms with Gasteiger partial charge < -0.3 is 14.2 Å². The topological polar surface area (TPSA) is 94.2 Å². The first-order valence-electron chi connectivity index (χ1n) is 14.7. The molecular weight excluding hydrogens is 490 g/mol. The van der Waals surface area contributed by atoms with Gasteiger partial charge in [0.25, 0.3) is 0 Å². The van der Waals surface area contributed by atoms with Gasteiger partial charge in [-0.15, -0.1) is 0 Å². The van der Waals surface area contributed by atoms with Gasteiger partial charge in [0.1, 0.15) is 0 Å². The van der Waals surface area contributed by atoms with Crippen LogP contribution < -0.4 is 9.64 Å². The predicted molar refractivity (Wildman–Crippen MR) is 146 cm³/mol. The molecule has 1 amide bonds. The van der Waals surface area contributed by atoms with Crippen LogP contribution in [0.4, 0.5) is 5.69 Å². The van der Waals surface area contributed by atoms with Crippen LogP contribution in [0.25, 0.3) is 11.3 Å². The molecule has 0 aliphatic heterocycles. The van der Waals surface area contributed by atoms with Crippen molar-refractivity contribution in [3.8, 4) is 17.3 Å². The Kier molecular flexibility index (Phi) is 6.16. The molecule has 204 valence electrons. The van der Waals surface area contributed by atoms with E-state index in [-0.39, 0.29) is 16.7 Å². The molecule has 0 saturated heterocycles. The standard InChI is InChI=1S/C31H37N5O3/c1-38-29-32-17-10-25(33-29)23-6-3-7-24(19-23)36(26(37)18-21-4-2-5-21)20-30-11-14-31(15-12-30,16-13-30)28-34-27(35-39-28)22-8-9-22/h3,6-7,10,17,19,21-22H,2,4-5,8-9,11-16,18,20H2,1H3. The molecular formula is C31H37N5O3. The molecule has 2 heterocycles. The zero-order valence-electron chi connectivity index (χ0n) is 22.8. The highest BCUT2D eigenvalue weighted by molar-refractivity contribution is 5.94. The Balaban J connectivity index is 1.13. The van der Waals surface area contributed by atoms with Crippen LogP contribution in [-0.2, 0) is 10.2 Å². The first kappa shape index (κ1) is 24.7. The lowest BCUT2D eigenvalue weighted by molar-refractivity contribution is -0.120. The van der Waals surface area contributed by atoms with Gasteiger partial charge in [-0.3, -0.25) is 4.79 Å². The fraction of sp³-hybridized carbons (Fsp3) is 0.581. The zero-order chi connectivity index (χ0) is 26.5. The SMILES string of the molecule is COc1nccc(-c2cccc(N(CC34CCC(c5nc(C6CC6)no5)(CC3)CC4)C(=O)CC3CCC3)c2)n1. The number of anilines is 1. The summed E-state index contributed by atoms with van der Waals surface area (Å²) in [4.78, 5) is 29.5. The van der Waals surface area contributed by atoms with E-state index in [0.717, 1.165) is 73.7 Å². The van der Waals surface area contributed by atoms with Crippen molar-refractivity contribution in [3.05, 3.63) is 48.2 Å². The summed E-state index contributed by atoms with van der Waals surface area (Å²) in [6, 6.07) is 10.5. The van der Waals surface area contributed by atoms with E-state index in [1.54, 1.807) is 13.3 Å². The van der Waals surface area contributed by atoms with Crippen LogP contribution in [0.5, 0.6) is 6.01 Å². The number of benzene rings is 1. The smallest absolute Gasteiger partial charge is 0.316 e. The van der Waals surface area contributed by atoms with Gasteiger partial charge in [-0.05, 0) is 93.7 Å². The van der Waals surface area contributed by atoms with Crippen molar-refractivity contribution >= 4 is 11.6 Å². The van der Waals surface area contributed by atoms with Crippen molar-refractivity contribution in [2.24, 2.45) is 11.3 Å². The summed E-state index contributed by atoms with van der Waals surface area (Å²) in [5, 5.41) is 4.32. The van der Waals surface area contributed by atoms with E-state index in [1.807, 2.05) is 18.2 Å². The third kappa shape index (κ3) is 4.72. The summed E-state index contributed by atoms with van der Waals surface area (Å²) in [5.41, 5.74) is 2.86. The number of ether oxygens (including phenoxy) is 1. The summed E-state index contributed by atoms with van der Waals surface area (Å²) in [5.74, 6) is 3.06. The Hall–Kier alpha value is -3.29. The second-order valence-electron chi connectivity index (χ2n) is 12.5. The number of nitrogens with zero attached hydrogens (tertiary/aromatic N) is 5. The van der Waals surface area contributed by atoms with E-state index in [0.29, 0.717) is 24.3 Å². The van der Waals surface area contributed by atoms with Gasteiger partial charge in [0.2, 0.25) is 11.8 Å². The monoisotopic (exact) mass is 527 g/mol. The average molecular weight is 528 g/mol. The van der Waals surface area contributed by atoms with Crippen molar-refractivity contribution in [1.29, 1.82) is 0 Å². The highest BCUT2D eigenvalue weighted by atomic mass is 16.5. The maximum absolute atomic E-state index is 13.8. The van der Waals surface area contributed by atoms with E-state index in [4.69, 9.17) is 14.2 Å². The Morgan fingerprint density at radius 1 is 1.05 bits per heavy atom. The molecule has 5 saturated carbocycles. The van der Waals surface area contributed by atoms with Gasteiger partial charge in [0.05, 0.1) is 12.8 Å². The zero-order valence-corrected chi connectivity index (χ0v) is 22.8. The summed E-state index contributed by atoms with van der Waals surface area (Å²) in [6.45, 7) is 0.766. The Morgan fingerprint density at radius 2 is 1.85 bits per heavy atom. The number of amides is 1. The van der Waals surface area contributed by atoms with Crippen LogP contribution in [0.1, 0.15) is 94.7 Å². The molecule has 2 bridgehead atoms. The molecule has 0 N–H and O–H groups in total. The number of hydrogen-bond donors (Lipinski definition) is 0. The molecule has 39 heavy (non-hydrogen) atoms. The molecule has 5 aliphatic carbocycles. The molecule has 0 radical (unpaired) electrons. The molecule has 0 unspecified atom stereocenters. The van der Waals surface area contributed by atoms with Crippen LogP contribution in [0, 0.1) is 11.3 Å². The number of aromatic nitrogens is 4. The molecule has 8 rings (SSSR count).